The Hall–Kier alpha value is -1.85. The second-order valence-electron chi connectivity index (χ2n) is 5.94. The lowest BCUT2D eigenvalue weighted by Gasteiger charge is -2.33. The van der Waals surface area contributed by atoms with Crippen molar-refractivity contribution in [2.45, 2.75) is 32.6 Å². The van der Waals surface area contributed by atoms with E-state index in [4.69, 9.17) is 4.74 Å². The molecule has 1 aromatic rings. The van der Waals surface area contributed by atoms with Gasteiger partial charge in [0.15, 0.2) is 0 Å². The van der Waals surface area contributed by atoms with Crippen LogP contribution in [0.4, 0.5) is 5.82 Å². The number of ether oxygens (including phenoxy) is 1. The summed E-state index contributed by atoms with van der Waals surface area (Å²) in [5, 5.41) is 0. The highest BCUT2D eigenvalue weighted by Gasteiger charge is 2.30. The monoisotopic (exact) mass is 304 g/mol. The highest BCUT2D eigenvalue weighted by Crippen LogP contribution is 2.25. The van der Waals surface area contributed by atoms with Gasteiger partial charge in [-0.05, 0) is 32.6 Å². The number of carbonyl (C=O) groups excluding carboxylic acids is 1. The molecule has 0 aromatic carbocycles. The van der Waals surface area contributed by atoms with E-state index in [-0.39, 0.29) is 5.92 Å². The van der Waals surface area contributed by atoms with Gasteiger partial charge in [-0.15, -0.1) is 0 Å². The topological polar surface area (TPSA) is 58.6 Å². The smallest absolute Gasteiger partial charge is 0.225 e. The lowest BCUT2D eigenvalue weighted by molar-refractivity contribution is -0.135. The summed E-state index contributed by atoms with van der Waals surface area (Å²) in [6.07, 6.45) is 5.67. The zero-order valence-corrected chi connectivity index (χ0v) is 13.2. The number of carbonyl (C=O) groups is 1. The minimum absolute atomic E-state index is 0.183. The highest BCUT2D eigenvalue weighted by molar-refractivity contribution is 5.79. The van der Waals surface area contributed by atoms with E-state index in [2.05, 4.69) is 14.9 Å². The number of hydrogen-bond donors (Lipinski definition) is 0. The molecule has 1 aromatic heterocycles. The molecule has 3 heterocycles. The molecule has 0 saturated carbocycles. The molecule has 2 aliphatic heterocycles. The van der Waals surface area contributed by atoms with E-state index in [0.717, 1.165) is 57.7 Å². The summed E-state index contributed by atoms with van der Waals surface area (Å²) in [5.41, 5.74) is 0. The number of piperidine rings is 1. The van der Waals surface area contributed by atoms with E-state index in [1.165, 1.54) is 0 Å². The van der Waals surface area contributed by atoms with Gasteiger partial charge < -0.3 is 14.5 Å². The Morgan fingerprint density at radius 3 is 2.64 bits per heavy atom. The third-order valence-corrected chi connectivity index (χ3v) is 4.51. The number of rotatable bonds is 4. The zero-order chi connectivity index (χ0) is 15.4. The van der Waals surface area contributed by atoms with Gasteiger partial charge in [-0.25, -0.2) is 9.97 Å². The van der Waals surface area contributed by atoms with Crippen LogP contribution in [0.15, 0.2) is 12.4 Å². The first-order valence-electron chi connectivity index (χ1n) is 8.26. The zero-order valence-electron chi connectivity index (χ0n) is 13.2. The highest BCUT2D eigenvalue weighted by atomic mass is 16.5. The normalized spacial score (nSPS) is 19.5. The molecule has 0 bridgehead atoms. The molecule has 6 nitrogen and oxygen atoms in total. The summed E-state index contributed by atoms with van der Waals surface area (Å²) in [5.74, 6) is 2.05. The van der Waals surface area contributed by atoms with Crippen molar-refractivity contribution >= 4 is 11.7 Å². The Morgan fingerprint density at radius 1 is 1.23 bits per heavy atom. The summed E-state index contributed by atoms with van der Waals surface area (Å²) in [7, 11) is 0. The van der Waals surface area contributed by atoms with E-state index < -0.39 is 0 Å². The molecule has 0 radical (unpaired) electrons. The fourth-order valence-electron chi connectivity index (χ4n) is 3.28. The fourth-order valence-corrected chi connectivity index (χ4v) is 3.28. The van der Waals surface area contributed by atoms with Crippen LogP contribution in [0.5, 0.6) is 5.88 Å². The van der Waals surface area contributed by atoms with E-state index >= 15 is 0 Å². The largest absolute Gasteiger partial charge is 0.478 e. The first-order valence-corrected chi connectivity index (χ1v) is 8.26. The van der Waals surface area contributed by atoms with Crippen molar-refractivity contribution in [3.8, 4) is 5.88 Å². The molecule has 2 saturated heterocycles. The maximum Gasteiger partial charge on any atom is 0.225 e. The SMILES string of the molecule is CCOc1cc(N2CCC(C(=O)N3CCCC3)CC2)ncn1. The van der Waals surface area contributed by atoms with Crippen LogP contribution in [-0.4, -0.2) is 53.6 Å². The molecule has 2 fully saturated rings. The van der Waals surface area contributed by atoms with Crippen LogP contribution in [0.3, 0.4) is 0 Å². The molecule has 0 atom stereocenters. The first-order chi connectivity index (χ1) is 10.8. The second kappa shape index (κ2) is 6.94. The van der Waals surface area contributed by atoms with Gasteiger partial charge in [-0.3, -0.25) is 4.79 Å². The van der Waals surface area contributed by atoms with Gasteiger partial charge in [0.25, 0.3) is 0 Å². The van der Waals surface area contributed by atoms with Gasteiger partial charge in [0.05, 0.1) is 6.61 Å². The van der Waals surface area contributed by atoms with Crippen molar-refractivity contribution < 1.29 is 9.53 Å². The third kappa shape index (κ3) is 3.31. The van der Waals surface area contributed by atoms with Gasteiger partial charge in [0.2, 0.25) is 11.8 Å². The number of hydrogen-bond acceptors (Lipinski definition) is 5. The molecule has 0 aliphatic carbocycles. The number of nitrogens with zero attached hydrogens (tertiary/aromatic N) is 4. The second-order valence-corrected chi connectivity index (χ2v) is 5.94. The van der Waals surface area contributed by atoms with Crippen molar-refractivity contribution in [2.24, 2.45) is 5.92 Å². The van der Waals surface area contributed by atoms with Gasteiger partial charge in [-0.1, -0.05) is 0 Å². The average Bonchev–Trinajstić information content (AvgIpc) is 3.09. The first kappa shape index (κ1) is 15.1. The van der Waals surface area contributed by atoms with Crippen molar-refractivity contribution in [1.82, 2.24) is 14.9 Å². The van der Waals surface area contributed by atoms with Crippen LogP contribution in [-0.2, 0) is 4.79 Å². The molecule has 0 spiro atoms. The molecule has 0 N–H and O–H groups in total. The van der Waals surface area contributed by atoms with Crippen LogP contribution >= 0.6 is 0 Å². The summed E-state index contributed by atoms with van der Waals surface area (Å²) >= 11 is 0. The Morgan fingerprint density at radius 2 is 1.95 bits per heavy atom. The predicted octanol–water partition coefficient (Wildman–Crippen LogP) is 1.71. The Kier molecular flexibility index (Phi) is 4.75. The van der Waals surface area contributed by atoms with Crippen LogP contribution in [0.25, 0.3) is 0 Å². The van der Waals surface area contributed by atoms with Crippen molar-refractivity contribution in [1.29, 1.82) is 0 Å². The lowest BCUT2D eigenvalue weighted by Crippen LogP contribution is -2.41. The van der Waals surface area contributed by atoms with Gasteiger partial charge in [0.1, 0.15) is 12.1 Å². The maximum absolute atomic E-state index is 12.4. The van der Waals surface area contributed by atoms with Crippen molar-refractivity contribution in [3.05, 3.63) is 12.4 Å². The van der Waals surface area contributed by atoms with Gasteiger partial charge in [-0.2, -0.15) is 0 Å². The maximum atomic E-state index is 12.4. The summed E-state index contributed by atoms with van der Waals surface area (Å²) < 4.78 is 5.43. The van der Waals surface area contributed by atoms with Crippen LogP contribution in [0, 0.1) is 5.92 Å². The van der Waals surface area contributed by atoms with E-state index in [1.54, 1.807) is 6.33 Å². The van der Waals surface area contributed by atoms with Gasteiger partial charge in [0, 0.05) is 38.2 Å². The molecule has 6 heteroatoms. The number of likely N-dealkylation sites (tertiary alicyclic amines) is 1. The number of aromatic nitrogens is 2. The average molecular weight is 304 g/mol. The molecule has 3 rings (SSSR count). The van der Waals surface area contributed by atoms with Crippen LogP contribution in [0.2, 0.25) is 0 Å². The van der Waals surface area contributed by atoms with Crippen LogP contribution in [0.1, 0.15) is 32.6 Å². The summed E-state index contributed by atoms with van der Waals surface area (Å²) in [6.45, 7) is 6.17. The fraction of sp³-hybridized carbons (Fsp3) is 0.688. The quantitative estimate of drug-likeness (QED) is 0.847. The predicted molar refractivity (Wildman–Crippen MR) is 84.0 cm³/mol. The molecular formula is C16H24N4O2. The van der Waals surface area contributed by atoms with E-state index in [1.807, 2.05) is 17.9 Å². The summed E-state index contributed by atoms with van der Waals surface area (Å²) in [6, 6.07) is 1.88. The number of amides is 1. The van der Waals surface area contributed by atoms with Gasteiger partial charge >= 0.3 is 0 Å². The Balaban J connectivity index is 1.57. The standard InChI is InChI=1S/C16H24N4O2/c1-2-22-15-11-14(17-12-18-15)19-9-5-13(6-10-19)16(21)20-7-3-4-8-20/h11-13H,2-10H2,1H3. The molecule has 2 aliphatic rings. The van der Waals surface area contributed by atoms with Crippen molar-refractivity contribution in [3.63, 3.8) is 0 Å². The molecule has 22 heavy (non-hydrogen) atoms. The van der Waals surface area contributed by atoms with Crippen molar-refractivity contribution in [2.75, 3.05) is 37.7 Å². The molecule has 0 unspecified atom stereocenters. The van der Waals surface area contributed by atoms with E-state index in [0.29, 0.717) is 18.4 Å². The Labute approximate surface area is 131 Å². The minimum Gasteiger partial charge on any atom is -0.478 e. The number of anilines is 1. The summed E-state index contributed by atoms with van der Waals surface area (Å²) in [4.78, 5) is 25.1. The molecule has 120 valence electrons. The van der Waals surface area contributed by atoms with E-state index in [9.17, 15) is 4.79 Å². The minimum atomic E-state index is 0.183. The van der Waals surface area contributed by atoms with Crippen LogP contribution < -0.4 is 9.64 Å². The lowest BCUT2D eigenvalue weighted by atomic mass is 9.95. The molecule has 1 amide bonds. The third-order valence-electron chi connectivity index (χ3n) is 4.51. The Bertz CT molecular complexity index is 509. The molecular weight excluding hydrogens is 280 g/mol.